The molecule has 0 N–H and O–H groups in total. The van der Waals surface area contributed by atoms with Gasteiger partial charge in [-0.3, -0.25) is 14.1 Å². The van der Waals surface area contributed by atoms with E-state index in [1.165, 1.54) is 0 Å². The maximum atomic E-state index is 13.5. The fraction of sp³-hybridized carbons (Fsp3) is 0.571. The van der Waals surface area contributed by atoms with E-state index in [2.05, 4.69) is 28.1 Å². The second-order valence-electron chi connectivity index (χ2n) is 8.38. The number of aromatic nitrogens is 4. The fourth-order valence-electron chi connectivity index (χ4n) is 3.99. The van der Waals surface area contributed by atoms with E-state index in [0.717, 1.165) is 16.5 Å². The molecule has 0 bridgehead atoms. The van der Waals surface area contributed by atoms with Gasteiger partial charge in [0.2, 0.25) is 0 Å². The molecule has 1 aliphatic rings. The van der Waals surface area contributed by atoms with Crippen LogP contribution in [-0.2, 0) is 24.9 Å². The molecule has 0 saturated carbocycles. The molecular formula is C21H30N6O2S. The summed E-state index contributed by atoms with van der Waals surface area (Å²) in [6, 6.07) is 0.289. The summed E-state index contributed by atoms with van der Waals surface area (Å²) >= 11 is 1.55. The number of hydrogen-bond acceptors (Lipinski definition) is 6. The summed E-state index contributed by atoms with van der Waals surface area (Å²) in [4.78, 5) is 27.7. The van der Waals surface area contributed by atoms with Gasteiger partial charge in [0.1, 0.15) is 5.82 Å². The minimum Gasteiger partial charge on any atom is -0.372 e. The molecule has 0 radical (unpaired) electrons. The van der Waals surface area contributed by atoms with Crippen molar-refractivity contribution in [2.45, 2.75) is 59.0 Å². The number of carbonyl (C=O) groups excluding carboxylic acids is 1. The zero-order chi connectivity index (χ0) is 21.4. The van der Waals surface area contributed by atoms with Gasteiger partial charge in [0.25, 0.3) is 5.91 Å². The molecule has 2 atom stereocenters. The molecule has 1 amide bonds. The molecule has 162 valence electrons. The summed E-state index contributed by atoms with van der Waals surface area (Å²) in [5, 5.41) is 2.01. The summed E-state index contributed by atoms with van der Waals surface area (Å²) < 4.78 is 9.90. The third-order valence-electron chi connectivity index (χ3n) is 5.62. The van der Waals surface area contributed by atoms with Gasteiger partial charge in [-0.2, -0.15) is 0 Å². The normalized spacial score (nSPS) is 20.0. The first-order chi connectivity index (χ1) is 14.3. The average Bonchev–Trinajstić information content (AvgIpc) is 3.37. The van der Waals surface area contributed by atoms with Crippen LogP contribution in [-0.4, -0.2) is 66.0 Å². The van der Waals surface area contributed by atoms with Gasteiger partial charge in [0, 0.05) is 56.7 Å². The zero-order valence-corrected chi connectivity index (χ0v) is 19.1. The van der Waals surface area contributed by atoms with Crippen LogP contribution in [0.15, 0.2) is 24.0 Å². The zero-order valence-electron chi connectivity index (χ0n) is 18.3. The second-order valence-corrected chi connectivity index (χ2v) is 9.26. The third kappa shape index (κ3) is 4.14. The van der Waals surface area contributed by atoms with Crippen LogP contribution in [0.5, 0.6) is 0 Å². The Balaban J connectivity index is 1.65. The predicted octanol–water partition coefficient (Wildman–Crippen LogP) is 2.79. The van der Waals surface area contributed by atoms with Gasteiger partial charge in [0.05, 0.1) is 24.4 Å². The fourth-order valence-corrected chi connectivity index (χ4v) is 4.73. The van der Waals surface area contributed by atoms with Crippen LogP contribution in [0, 0.1) is 0 Å². The smallest absolute Gasteiger partial charge is 0.274 e. The summed E-state index contributed by atoms with van der Waals surface area (Å²) in [5.74, 6) is 0.988. The summed E-state index contributed by atoms with van der Waals surface area (Å²) in [5.41, 5.74) is 1.49. The molecule has 3 aromatic heterocycles. The maximum Gasteiger partial charge on any atom is 0.274 e. The van der Waals surface area contributed by atoms with E-state index in [1.54, 1.807) is 11.3 Å². The average molecular weight is 431 g/mol. The Labute approximate surface area is 181 Å². The van der Waals surface area contributed by atoms with Crippen molar-refractivity contribution in [3.63, 3.8) is 0 Å². The van der Waals surface area contributed by atoms with Crippen molar-refractivity contribution < 1.29 is 9.53 Å². The Morgan fingerprint density at radius 1 is 1.27 bits per heavy atom. The summed E-state index contributed by atoms with van der Waals surface area (Å²) in [6.45, 7) is 10.9. The summed E-state index contributed by atoms with van der Waals surface area (Å²) in [6.07, 6.45) is 5.84. The molecule has 0 spiro atoms. The number of carbonyl (C=O) groups is 1. The number of hydrogen-bond donors (Lipinski definition) is 0. The van der Waals surface area contributed by atoms with E-state index in [1.807, 2.05) is 54.3 Å². The molecule has 3 aromatic rings. The van der Waals surface area contributed by atoms with Gasteiger partial charge in [-0.1, -0.05) is 0 Å². The molecule has 0 aromatic carbocycles. The van der Waals surface area contributed by atoms with E-state index in [-0.39, 0.29) is 24.2 Å². The second kappa shape index (κ2) is 8.49. The van der Waals surface area contributed by atoms with E-state index in [9.17, 15) is 4.79 Å². The van der Waals surface area contributed by atoms with Crippen LogP contribution in [0.1, 0.15) is 49.7 Å². The maximum absolute atomic E-state index is 13.5. The highest BCUT2D eigenvalue weighted by Gasteiger charge is 2.31. The van der Waals surface area contributed by atoms with Crippen LogP contribution in [0.3, 0.4) is 0 Å². The Hall–Kier alpha value is -2.23. The SMILES string of the molecule is CC(C)N(Cc1nccn1C)Cc1c(C(=O)N2C[C@@H](C)O[C@@H](C)C2)nc2sccn12. The van der Waals surface area contributed by atoms with Crippen LogP contribution < -0.4 is 0 Å². The summed E-state index contributed by atoms with van der Waals surface area (Å²) in [7, 11) is 2.01. The highest BCUT2D eigenvalue weighted by atomic mass is 32.1. The molecule has 9 heteroatoms. The van der Waals surface area contributed by atoms with E-state index < -0.39 is 0 Å². The molecule has 0 unspecified atom stereocenters. The minimum absolute atomic E-state index is 0.0106. The lowest BCUT2D eigenvalue weighted by Crippen LogP contribution is -2.48. The molecule has 0 aliphatic carbocycles. The molecule has 1 saturated heterocycles. The van der Waals surface area contributed by atoms with Crippen LogP contribution in [0.4, 0.5) is 0 Å². The number of thiazole rings is 1. The number of aryl methyl sites for hydroxylation is 1. The minimum atomic E-state index is -0.0106. The predicted molar refractivity (Wildman–Crippen MR) is 117 cm³/mol. The number of rotatable bonds is 6. The van der Waals surface area contributed by atoms with E-state index >= 15 is 0 Å². The van der Waals surface area contributed by atoms with Crippen molar-refractivity contribution in [3.8, 4) is 0 Å². The van der Waals surface area contributed by atoms with Gasteiger partial charge < -0.3 is 14.2 Å². The van der Waals surface area contributed by atoms with Crippen molar-refractivity contribution in [3.05, 3.63) is 41.2 Å². The van der Waals surface area contributed by atoms with Crippen LogP contribution >= 0.6 is 11.3 Å². The molecular weight excluding hydrogens is 400 g/mol. The molecule has 8 nitrogen and oxygen atoms in total. The van der Waals surface area contributed by atoms with Gasteiger partial charge in [-0.15, -0.1) is 11.3 Å². The number of imidazole rings is 2. The standard InChI is InChI=1S/C21H30N6O2S/c1-14(2)25(13-18-22-6-7-24(18)5)12-17-19(23-21-27(17)8-9-30-21)20(28)26-10-15(3)29-16(4)11-26/h6-9,14-16H,10-13H2,1-5H3/t15-,16+. The van der Waals surface area contributed by atoms with Gasteiger partial charge in [-0.05, 0) is 27.7 Å². The topological polar surface area (TPSA) is 67.9 Å². The molecule has 1 fully saturated rings. The number of morpholine rings is 1. The molecule has 4 heterocycles. The quantitative estimate of drug-likeness (QED) is 0.602. The van der Waals surface area contributed by atoms with E-state index in [0.29, 0.717) is 31.9 Å². The molecule has 1 aliphatic heterocycles. The number of fused-ring (bicyclic) bond motifs is 1. The number of amides is 1. The Morgan fingerprint density at radius 2 is 2.00 bits per heavy atom. The van der Waals surface area contributed by atoms with E-state index in [4.69, 9.17) is 9.72 Å². The first-order valence-corrected chi connectivity index (χ1v) is 11.3. The number of ether oxygens (including phenoxy) is 1. The highest BCUT2D eigenvalue weighted by molar-refractivity contribution is 7.15. The van der Waals surface area contributed by atoms with Gasteiger partial charge in [0.15, 0.2) is 10.7 Å². The van der Waals surface area contributed by atoms with Gasteiger partial charge in [-0.25, -0.2) is 9.97 Å². The van der Waals surface area contributed by atoms with Crippen molar-refractivity contribution in [2.24, 2.45) is 7.05 Å². The first kappa shape index (κ1) is 21.0. The Morgan fingerprint density at radius 3 is 2.63 bits per heavy atom. The first-order valence-electron chi connectivity index (χ1n) is 10.4. The largest absolute Gasteiger partial charge is 0.372 e. The Bertz CT molecular complexity index is 1010. The lowest BCUT2D eigenvalue weighted by atomic mass is 10.2. The lowest BCUT2D eigenvalue weighted by Gasteiger charge is -2.35. The lowest BCUT2D eigenvalue weighted by molar-refractivity contribution is -0.0587. The van der Waals surface area contributed by atoms with Crippen molar-refractivity contribution in [1.29, 1.82) is 0 Å². The van der Waals surface area contributed by atoms with Crippen molar-refractivity contribution in [1.82, 2.24) is 28.7 Å². The highest BCUT2D eigenvalue weighted by Crippen LogP contribution is 2.23. The van der Waals surface area contributed by atoms with Crippen LogP contribution in [0.25, 0.3) is 4.96 Å². The van der Waals surface area contributed by atoms with Crippen molar-refractivity contribution >= 4 is 22.2 Å². The Kier molecular flexibility index (Phi) is 5.95. The molecule has 4 rings (SSSR count). The van der Waals surface area contributed by atoms with Crippen LogP contribution in [0.2, 0.25) is 0 Å². The number of nitrogens with zero attached hydrogens (tertiary/aromatic N) is 6. The molecule has 30 heavy (non-hydrogen) atoms. The third-order valence-corrected chi connectivity index (χ3v) is 6.38. The van der Waals surface area contributed by atoms with Gasteiger partial charge >= 0.3 is 0 Å². The monoisotopic (exact) mass is 430 g/mol. The van der Waals surface area contributed by atoms with Crippen molar-refractivity contribution in [2.75, 3.05) is 13.1 Å².